The summed E-state index contributed by atoms with van der Waals surface area (Å²) in [5, 5.41) is 9.36. The number of aliphatic carboxylic acids is 1. The molecule has 1 fully saturated rings. The summed E-state index contributed by atoms with van der Waals surface area (Å²) in [4.78, 5) is 21.5. The molecule has 0 radical (unpaired) electrons. The lowest BCUT2D eigenvalue weighted by Crippen LogP contribution is -2.48. The second kappa shape index (κ2) is 4.80. The van der Waals surface area contributed by atoms with Crippen LogP contribution in [-0.2, 0) is 4.79 Å². The number of rotatable bonds is 4. The molecule has 6 nitrogen and oxygen atoms in total. The Hall–Kier alpha value is -1.85. The minimum Gasteiger partial charge on any atom is -0.480 e. The third-order valence-corrected chi connectivity index (χ3v) is 3.27. The van der Waals surface area contributed by atoms with Crippen molar-refractivity contribution in [3.05, 3.63) is 12.4 Å². The predicted molar refractivity (Wildman–Crippen MR) is 65.8 cm³/mol. The summed E-state index contributed by atoms with van der Waals surface area (Å²) in [6.07, 6.45) is 4.56. The van der Waals surface area contributed by atoms with Gasteiger partial charge in [0.25, 0.3) is 0 Å². The SMILES string of the molecule is CCOc1cncc(N2CCCC2(C)C(=O)O)n1. The Kier molecular flexibility index (Phi) is 3.36. The topological polar surface area (TPSA) is 75.5 Å². The van der Waals surface area contributed by atoms with Gasteiger partial charge in [0.1, 0.15) is 5.54 Å². The monoisotopic (exact) mass is 251 g/mol. The van der Waals surface area contributed by atoms with Gasteiger partial charge >= 0.3 is 5.97 Å². The third-order valence-electron chi connectivity index (χ3n) is 3.27. The van der Waals surface area contributed by atoms with Crippen molar-refractivity contribution in [1.82, 2.24) is 9.97 Å². The number of aromatic nitrogens is 2. The van der Waals surface area contributed by atoms with Crippen LogP contribution in [0, 0.1) is 0 Å². The number of carbonyl (C=O) groups is 1. The molecule has 1 atom stereocenters. The molecule has 1 N–H and O–H groups in total. The van der Waals surface area contributed by atoms with Crippen LogP contribution in [0.5, 0.6) is 5.88 Å². The summed E-state index contributed by atoms with van der Waals surface area (Å²) < 4.78 is 5.29. The Labute approximate surface area is 106 Å². The summed E-state index contributed by atoms with van der Waals surface area (Å²) in [6, 6.07) is 0. The highest BCUT2D eigenvalue weighted by molar-refractivity contribution is 5.83. The van der Waals surface area contributed by atoms with Crippen molar-refractivity contribution in [2.24, 2.45) is 0 Å². The third kappa shape index (κ3) is 2.10. The maximum atomic E-state index is 11.4. The van der Waals surface area contributed by atoms with E-state index in [0.717, 1.165) is 6.42 Å². The van der Waals surface area contributed by atoms with E-state index in [4.69, 9.17) is 4.74 Å². The number of ether oxygens (including phenoxy) is 1. The molecule has 1 aliphatic heterocycles. The highest BCUT2D eigenvalue weighted by Gasteiger charge is 2.44. The molecule has 0 aromatic carbocycles. The van der Waals surface area contributed by atoms with Crippen LogP contribution in [0.15, 0.2) is 12.4 Å². The summed E-state index contributed by atoms with van der Waals surface area (Å²) in [5.41, 5.74) is -0.903. The Balaban J connectivity index is 2.30. The van der Waals surface area contributed by atoms with Crippen LogP contribution in [-0.4, -0.2) is 39.7 Å². The first-order valence-corrected chi connectivity index (χ1v) is 6.04. The number of hydrogen-bond acceptors (Lipinski definition) is 5. The molecule has 2 rings (SSSR count). The van der Waals surface area contributed by atoms with E-state index in [0.29, 0.717) is 31.3 Å². The van der Waals surface area contributed by atoms with Gasteiger partial charge in [-0.15, -0.1) is 0 Å². The maximum absolute atomic E-state index is 11.4. The number of anilines is 1. The minimum absolute atomic E-state index is 0.426. The molecule has 0 amide bonds. The van der Waals surface area contributed by atoms with Gasteiger partial charge in [0.2, 0.25) is 5.88 Å². The lowest BCUT2D eigenvalue weighted by Gasteiger charge is -2.31. The average Bonchev–Trinajstić information content (AvgIpc) is 2.74. The van der Waals surface area contributed by atoms with Crippen molar-refractivity contribution in [1.29, 1.82) is 0 Å². The number of nitrogens with zero attached hydrogens (tertiary/aromatic N) is 3. The van der Waals surface area contributed by atoms with Crippen molar-refractivity contribution in [3.8, 4) is 5.88 Å². The molecule has 1 aliphatic rings. The van der Waals surface area contributed by atoms with Crippen molar-refractivity contribution < 1.29 is 14.6 Å². The van der Waals surface area contributed by atoms with Crippen LogP contribution < -0.4 is 9.64 Å². The lowest BCUT2D eigenvalue weighted by atomic mass is 9.99. The van der Waals surface area contributed by atoms with Gasteiger partial charge in [0, 0.05) is 6.54 Å². The first-order chi connectivity index (χ1) is 8.58. The summed E-state index contributed by atoms with van der Waals surface area (Å²) in [6.45, 7) is 4.77. The smallest absolute Gasteiger partial charge is 0.329 e. The van der Waals surface area contributed by atoms with E-state index >= 15 is 0 Å². The number of carboxylic acid groups (broad SMARTS) is 1. The van der Waals surface area contributed by atoms with Crippen LogP contribution in [0.2, 0.25) is 0 Å². The van der Waals surface area contributed by atoms with E-state index in [1.807, 2.05) is 6.92 Å². The van der Waals surface area contributed by atoms with Gasteiger partial charge < -0.3 is 14.7 Å². The van der Waals surface area contributed by atoms with E-state index in [2.05, 4.69) is 9.97 Å². The van der Waals surface area contributed by atoms with Crippen molar-refractivity contribution in [3.63, 3.8) is 0 Å². The standard InChI is InChI=1S/C12H17N3O3/c1-3-18-10-8-13-7-9(14-10)15-6-4-5-12(15,2)11(16)17/h7-8H,3-6H2,1-2H3,(H,16,17). The Morgan fingerprint density at radius 2 is 2.39 bits per heavy atom. The summed E-state index contributed by atoms with van der Waals surface area (Å²) >= 11 is 0. The van der Waals surface area contributed by atoms with E-state index in [9.17, 15) is 9.90 Å². The Morgan fingerprint density at radius 3 is 3.06 bits per heavy atom. The fourth-order valence-corrected chi connectivity index (χ4v) is 2.24. The Morgan fingerprint density at radius 1 is 1.61 bits per heavy atom. The maximum Gasteiger partial charge on any atom is 0.329 e. The van der Waals surface area contributed by atoms with Gasteiger partial charge in [-0.3, -0.25) is 4.98 Å². The van der Waals surface area contributed by atoms with Gasteiger partial charge in [-0.25, -0.2) is 4.79 Å². The summed E-state index contributed by atoms with van der Waals surface area (Å²) in [7, 11) is 0. The summed E-state index contributed by atoms with van der Waals surface area (Å²) in [5.74, 6) is 0.154. The van der Waals surface area contributed by atoms with Crippen LogP contribution in [0.25, 0.3) is 0 Å². The molecule has 98 valence electrons. The fourth-order valence-electron chi connectivity index (χ4n) is 2.24. The van der Waals surface area contributed by atoms with Crippen molar-refractivity contribution in [2.75, 3.05) is 18.1 Å². The molecular weight excluding hydrogens is 234 g/mol. The Bertz CT molecular complexity index is 452. The van der Waals surface area contributed by atoms with Gasteiger partial charge in [-0.1, -0.05) is 0 Å². The molecule has 1 aromatic heterocycles. The molecule has 1 saturated heterocycles. The highest BCUT2D eigenvalue weighted by Crippen LogP contribution is 2.33. The molecule has 0 saturated carbocycles. The van der Waals surface area contributed by atoms with Crippen LogP contribution in [0.3, 0.4) is 0 Å². The molecule has 18 heavy (non-hydrogen) atoms. The van der Waals surface area contributed by atoms with E-state index < -0.39 is 11.5 Å². The molecule has 1 aromatic rings. The van der Waals surface area contributed by atoms with Crippen LogP contribution in [0.1, 0.15) is 26.7 Å². The number of hydrogen-bond donors (Lipinski definition) is 1. The highest BCUT2D eigenvalue weighted by atomic mass is 16.5. The van der Waals surface area contributed by atoms with Gasteiger partial charge in [0.05, 0.1) is 19.0 Å². The second-order valence-corrected chi connectivity index (χ2v) is 4.48. The average molecular weight is 251 g/mol. The zero-order chi connectivity index (χ0) is 13.2. The zero-order valence-electron chi connectivity index (χ0n) is 10.6. The first-order valence-electron chi connectivity index (χ1n) is 6.04. The van der Waals surface area contributed by atoms with Crippen molar-refractivity contribution >= 4 is 11.8 Å². The molecule has 0 spiro atoms. The second-order valence-electron chi connectivity index (χ2n) is 4.48. The van der Waals surface area contributed by atoms with Gasteiger partial charge in [-0.05, 0) is 26.7 Å². The normalized spacial score (nSPS) is 23.1. The van der Waals surface area contributed by atoms with E-state index in [-0.39, 0.29) is 0 Å². The lowest BCUT2D eigenvalue weighted by molar-refractivity contribution is -0.142. The van der Waals surface area contributed by atoms with E-state index in [1.54, 1.807) is 18.0 Å². The quantitative estimate of drug-likeness (QED) is 0.869. The first kappa shape index (κ1) is 12.6. The molecule has 0 aliphatic carbocycles. The predicted octanol–water partition coefficient (Wildman–Crippen LogP) is 1.32. The van der Waals surface area contributed by atoms with Gasteiger partial charge in [-0.2, -0.15) is 4.98 Å². The molecule has 0 bridgehead atoms. The molecular formula is C12H17N3O3. The molecule has 2 heterocycles. The van der Waals surface area contributed by atoms with Gasteiger partial charge in [0.15, 0.2) is 5.82 Å². The van der Waals surface area contributed by atoms with Crippen LogP contribution in [0.4, 0.5) is 5.82 Å². The largest absolute Gasteiger partial charge is 0.480 e. The van der Waals surface area contributed by atoms with Crippen LogP contribution >= 0.6 is 0 Å². The minimum atomic E-state index is -0.903. The fraction of sp³-hybridized carbons (Fsp3) is 0.583. The number of carboxylic acids is 1. The van der Waals surface area contributed by atoms with E-state index in [1.165, 1.54) is 6.20 Å². The molecule has 6 heteroatoms. The van der Waals surface area contributed by atoms with Crippen molar-refractivity contribution in [2.45, 2.75) is 32.2 Å². The molecule has 1 unspecified atom stereocenters. The zero-order valence-corrected chi connectivity index (χ0v) is 10.6.